The Labute approximate surface area is 202 Å². The zero-order chi connectivity index (χ0) is 24.3. The normalized spacial score (nSPS) is 27.5. The molecule has 6 rings (SSSR count). The van der Waals surface area contributed by atoms with Gasteiger partial charge in [-0.2, -0.15) is 0 Å². The number of hydrogen-bond acceptors (Lipinski definition) is 6. The van der Waals surface area contributed by atoms with Crippen LogP contribution < -0.4 is 0 Å². The van der Waals surface area contributed by atoms with E-state index in [0.717, 1.165) is 43.2 Å². The minimum absolute atomic E-state index is 0.104. The zero-order valence-corrected chi connectivity index (χ0v) is 19.1. The molecule has 4 atom stereocenters. The van der Waals surface area contributed by atoms with Crippen LogP contribution in [0.2, 0.25) is 0 Å². The number of non-ortho nitro benzene ring substituents is 1. The van der Waals surface area contributed by atoms with Crippen LogP contribution >= 0.6 is 0 Å². The number of amides is 2. The van der Waals surface area contributed by atoms with E-state index in [1.165, 1.54) is 29.2 Å². The van der Waals surface area contributed by atoms with Gasteiger partial charge in [-0.25, -0.2) is 0 Å². The van der Waals surface area contributed by atoms with Gasteiger partial charge in [0.15, 0.2) is 5.78 Å². The third-order valence-electron chi connectivity index (χ3n) is 8.07. The second-order valence-corrected chi connectivity index (χ2v) is 9.84. The number of hydrogen-bond donors (Lipinski definition) is 0. The molecule has 4 aliphatic rings. The smallest absolute Gasteiger partial charge is 0.269 e. The molecule has 3 heterocycles. The fourth-order valence-electron chi connectivity index (χ4n) is 6.50. The number of imide groups is 1. The quantitative estimate of drug-likeness (QED) is 0.288. The van der Waals surface area contributed by atoms with Gasteiger partial charge in [-0.1, -0.05) is 43.5 Å². The molecule has 1 aliphatic carbocycles. The lowest BCUT2D eigenvalue weighted by Crippen LogP contribution is -2.47. The lowest BCUT2D eigenvalue weighted by atomic mass is 9.83. The van der Waals surface area contributed by atoms with Crippen molar-refractivity contribution >= 4 is 29.4 Å². The third kappa shape index (κ3) is 3.23. The number of carbonyl (C=O) groups excluding carboxylic acids is 3. The number of rotatable bonds is 4. The maximum atomic E-state index is 13.9. The fraction of sp³-hybridized carbons (Fsp3) is 0.370. The van der Waals surface area contributed by atoms with E-state index in [2.05, 4.69) is 0 Å². The fourth-order valence-corrected chi connectivity index (χ4v) is 6.50. The summed E-state index contributed by atoms with van der Waals surface area (Å²) in [6.07, 6.45) is 8.44. The minimum Gasteiger partial charge on any atom is -0.358 e. The van der Waals surface area contributed by atoms with Gasteiger partial charge in [0.2, 0.25) is 11.8 Å². The van der Waals surface area contributed by atoms with E-state index in [4.69, 9.17) is 0 Å². The average Bonchev–Trinajstić information content (AvgIpc) is 3.36. The third-order valence-corrected chi connectivity index (χ3v) is 8.07. The first kappa shape index (κ1) is 21.7. The van der Waals surface area contributed by atoms with E-state index < -0.39 is 28.8 Å². The second kappa shape index (κ2) is 8.15. The van der Waals surface area contributed by atoms with Crippen molar-refractivity contribution < 1.29 is 19.3 Å². The van der Waals surface area contributed by atoms with E-state index in [9.17, 15) is 24.5 Å². The summed E-state index contributed by atoms with van der Waals surface area (Å²) in [6.45, 7) is 0. The van der Waals surface area contributed by atoms with E-state index in [-0.39, 0.29) is 29.3 Å². The van der Waals surface area contributed by atoms with Crippen molar-refractivity contribution in [3.05, 3.63) is 81.5 Å². The predicted octanol–water partition coefficient (Wildman–Crippen LogP) is 4.12. The van der Waals surface area contributed by atoms with Crippen LogP contribution in [-0.4, -0.2) is 44.4 Å². The highest BCUT2D eigenvalue weighted by Gasteiger charge is 2.65. The monoisotopic (exact) mass is 471 g/mol. The number of ketones is 1. The highest BCUT2D eigenvalue weighted by molar-refractivity contribution is 6.12. The van der Waals surface area contributed by atoms with Crippen LogP contribution in [0.15, 0.2) is 54.7 Å². The Hall–Kier alpha value is -3.81. The van der Waals surface area contributed by atoms with Crippen LogP contribution in [-0.2, 0) is 9.59 Å². The zero-order valence-electron chi connectivity index (χ0n) is 19.1. The van der Waals surface area contributed by atoms with Crippen LogP contribution in [0.4, 0.5) is 5.69 Å². The van der Waals surface area contributed by atoms with Crippen molar-refractivity contribution in [1.82, 2.24) is 9.80 Å². The Morgan fingerprint density at radius 1 is 0.914 bits per heavy atom. The maximum Gasteiger partial charge on any atom is 0.269 e. The molecule has 8 heteroatoms. The molecular formula is C27H25N3O5. The largest absolute Gasteiger partial charge is 0.358 e. The molecule has 2 amide bonds. The highest BCUT2D eigenvalue weighted by Crippen LogP contribution is 2.53. The summed E-state index contributed by atoms with van der Waals surface area (Å²) in [5.41, 5.74) is 2.11. The summed E-state index contributed by atoms with van der Waals surface area (Å²) in [5.74, 6) is -2.15. The molecule has 8 nitrogen and oxygen atoms in total. The molecule has 0 unspecified atom stereocenters. The molecule has 0 radical (unpaired) electrons. The van der Waals surface area contributed by atoms with E-state index in [1.54, 1.807) is 0 Å². The van der Waals surface area contributed by atoms with E-state index in [0.29, 0.717) is 5.56 Å². The van der Waals surface area contributed by atoms with Gasteiger partial charge >= 0.3 is 0 Å². The van der Waals surface area contributed by atoms with Crippen LogP contribution in [0, 0.1) is 22.0 Å². The summed E-state index contributed by atoms with van der Waals surface area (Å²) in [4.78, 5) is 55.5. The minimum atomic E-state index is -0.846. The van der Waals surface area contributed by atoms with Gasteiger partial charge in [0.25, 0.3) is 5.69 Å². The molecule has 1 saturated carbocycles. The van der Waals surface area contributed by atoms with Crippen LogP contribution in [0.3, 0.4) is 0 Å². The van der Waals surface area contributed by atoms with Gasteiger partial charge in [0.05, 0.1) is 22.8 Å². The van der Waals surface area contributed by atoms with Crippen molar-refractivity contribution in [2.24, 2.45) is 11.8 Å². The number of nitro groups is 1. The molecule has 0 bridgehead atoms. The molecule has 2 aromatic rings. The molecule has 0 spiro atoms. The molecule has 3 aliphatic heterocycles. The van der Waals surface area contributed by atoms with Crippen molar-refractivity contribution in [1.29, 1.82) is 0 Å². The predicted molar refractivity (Wildman–Crippen MR) is 127 cm³/mol. The van der Waals surface area contributed by atoms with Gasteiger partial charge in [-0.05, 0) is 42.2 Å². The molecule has 3 fully saturated rings. The average molecular weight is 472 g/mol. The lowest BCUT2D eigenvalue weighted by molar-refractivity contribution is -0.384. The van der Waals surface area contributed by atoms with Crippen LogP contribution in [0.25, 0.3) is 6.08 Å². The van der Waals surface area contributed by atoms with Crippen molar-refractivity contribution in [2.45, 2.75) is 50.2 Å². The highest BCUT2D eigenvalue weighted by atomic mass is 16.6. The van der Waals surface area contributed by atoms with Gasteiger partial charge in [-0.3, -0.25) is 29.4 Å². The number of benzene rings is 2. The Kier molecular flexibility index (Phi) is 5.05. The number of nitro benzene ring substituents is 1. The van der Waals surface area contributed by atoms with Gasteiger partial charge in [0, 0.05) is 29.9 Å². The summed E-state index contributed by atoms with van der Waals surface area (Å²) in [5, 5.41) is 11.1. The van der Waals surface area contributed by atoms with E-state index >= 15 is 0 Å². The van der Waals surface area contributed by atoms with Crippen molar-refractivity contribution in [3.8, 4) is 0 Å². The van der Waals surface area contributed by atoms with Crippen molar-refractivity contribution in [3.63, 3.8) is 0 Å². The second-order valence-electron chi connectivity index (χ2n) is 9.84. The number of likely N-dealkylation sites (tertiary alicyclic amines) is 1. The number of Topliss-reactive ketones (excluding diaryl/α,β-unsaturated/α-hetero) is 1. The number of carbonyl (C=O) groups is 3. The summed E-state index contributed by atoms with van der Waals surface area (Å²) < 4.78 is 0. The summed E-state index contributed by atoms with van der Waals surface area (Å²) in [6, 6.07) is 11.9. The lowest BCUT2D eigenvalue weighted by Gasteiger charge is -2.37. The first-order chi connectivity index (χ1) is 17.0. The molecule has 0 aromatic heterocycles. The summed E-state index contributed by atoms with van der Waals surface area (Å²) >= 11 is 0. The standard InChI is InChI=1S/C27H25N3O5/c31-25(17-10-12-19(13-11-17)30(34)35)24-22-21(23-20-9-5-4-6-16(20)14-15-28(23)24)26(32)29(27(22)33)18-7-2-1-3-8-18/h4-6,9-15,18,21-24H,1-3,7-8H2/t21-,22-,23-,24+/m1/s1. The maximum absolute atomic E-state index is 13.9. The van der Waals surface area contributed by atoms with Crippen LogP contribution in [0.5, 0.6) is 0 Å². The molecule has 35 heavy (non-hydrogen) atoms. The van der Waals surface area contributed by atoms with Crippen molar-refractivity contribution in [2.75, 3.05) is 0 Å². The topological polar surface area (TPSA) is 101 Å². The molecule has 0 N–H and O–H groups in total. The SMILES string of the molecule is O=C(c1ccc([N+](=O)[O-])cc1)[C@@H]1[C@@H]2C(=O)N(C3CCCCC3)C(=O)[C@H]2[C@H]2c3ccccc3C=CN12. The van der Waals surface area contributed by atoms with Gasteiger partial charge < -0.3 is 4.90 Å². The number of fused-ring (bicyclic) bond motifs is 5. The summed E-state index contributed by atoms with van der Waals surface area (Å²) in [7, 11) is 0. The van der Waals surface area contributed by atoms with Gasteiger partial charge in [0.1, 0.15) is 6.04 Å². The van der Waals surface area contributed by atoms with E-state index in [1.807, 2.05) is 41.4 Å². The Morgan fingerprint density at radius 2 is 1.60 bits per heavy atom. The number of nitrogens with zero attached hydrogens (tertiary/aromatic N) is 3. The van der Waals surface area contributed by atoms with Gasteiger partial charge in [-0.15, -0.1) is 0 Å². The molecule has 2 saturated heterocycles. The first-order valence-corrected chi connectivity index (χ1v) is 12.2. The Bertz CT molecular complexity index is 1260. The molecular weight excluding hydrogens is 446 g/mol. The van der Waals surface area contributed by atoms with Crippen LogP contribution in [0.1, 0.15) is 59.6 Å². The Balaban J connectivity index is 1.43. The first-order valence-electron chi connectivity index (χ1n) is 12.2. The Morgan fingerprint density at radius 3 is 2.31 bits per heavy atom. The molecule has 2 aromatic carbocycles. The molecule has 178 valence electrons.